The maximum Gasteiger partial charge on any atom is 0.0639 e. The van der Waals surface area contributed by atoms with Crippen molar-refractivity contribution in [3.8, 4) is 0 Å². The third kappa shape index (κ3) is 2.28. The van der Waals surface area contributed by atoms with Crippen molar-refractivity contribution in [3.05, 3.63) is 0 Å². The van der Waals surface area contributed by atoms with Crippen LogP contribution in [0.15, 0.2) is 0 Å². The van der Waals surface area contributed by atoms with Crippen molar-refractivity contribution >= 4 is 47.0 Å². The second-order valence-corrected chi connectivity index (χ2v) is 11.0. The van der Waals surface area contributed by atoms with E-state index in [-0.39, 0.29) is 0 Å². The van der Waals surface area contributed by atoms with Crippen LogP contribution >= 0.6 is 47.0 Å². The molecule has 0 amide bonds. The smallest absolute Gasteiger partial charge is 0.0639 e. The minimum atomic E-state index is 0.638. The molecular formula is C12H20S4. The summed E-state index contributed by atoms with van der Waals surface area (Å²) in [6.45, 7) is 2.53. The molecule has 2 atom stereocenters. The van der Waals surface area contributed by atoms with E-state index < -0.39 is 0 Å². The Kier molecular flexibility index (Phi) is 4.03. The average Bonchev–Trinajstić information content (AvgIpc) is 2.99. The van der Waals surface area contributed by atoms with Crippen LogP contribution in [0.4, 0.5) is 0 Å². The molecule has 2 saturated heterocycles. The van der Waals surface area contributed by atoms with E-state index in [0.29, 0.717) is 4.08 Å². The molecule has 0 aromatic rings. The highest BCUT2D eigenvalue weighted by molar-refractivity contribution is 8.21. The van der Waals surface area contributed by atoms with Gasteiger partial charge in [-0.15, -0.1) is 47.0 Å². The summed E-state index contributed by atoms with van der Waals surface area (Å²) in [5.41, 5.74) is 0. The van der Waals surface area contributed by atoms with Crippen LogP contribution in [0.3, 0.4) is 0 Å². The van der Waals surface area contributed by atoms with E-state index in [2.05, 4.69) is 54.0 Å². The number of hydrogen-bond donors (Lipinski definition) is 0. The number of rotatable bonds is 2. The lowest BCUT2D eigenvalue weighted by molar-refractivity contribution is 0.401. The van der Waals surface area contributed by atoms with Crippen molar-refractivity contribution in [1.29, 1.82) is 0 Å². The van der Waals surface area contributed by atoms with Crippen LogP contribution in [0.1, 0.15) is 26.2 Å². The van der Waals surface area contributed by atoms with E-state index in [1.165, 1.54) is 42.3 Å². The van der Waals surface area contributed by atoms with E-state index in [1.807, 2.05) is 0 Å². The molecule has 1 spiro atoms. The molecule has 0 radical (unpaired) electrons. The fourth-order valence-electron chi connectivity index (χ4n) is 3.21. The summed E-state index contributed by atoms with van der Waals surface area (Å²) in [6, 6.07) is 0. The van der Waals surface area contributed by atoms with E-state index in [0.717, 1.165) is 16.4 Å². The predicted octanol–water partition coefficient (Wildman–Crippen LogP) is 4.41. The van der Waals surface area contributed by atoms with Gasteiger partial charge in [0.05, 0.1) is 8.66 Å². The van der Waals surface area contributed by atoms with Crippen LogP contribution in [0.5, 0.6) is 0 Å². The quantitative estimate of drug-likeness (QED) is 0.739. The second kappa shape index (κ2) is 5.18. The summed E-state index contributed by atoms with van der Waals surface area (Å²) in [4.78, 5) is 0. The maximum absolute atomic E-state index is 2.53. The summed E-state index contributed by atoms with van der Waals surface area (Å²) in [5.74, 6) is 7.55. The largest absolute Gasteiger partial charge is 0.147 e. The molecule has 16 heavy (non-hydrogen) atoms. The summed E-state index contributed by atoms with van der Waals surface area (Å²) in [6.07, 6.45) is 4.47. The summed E-state index contributed by atoms with van der Waals surface area (Å²) >= 11 is 8.97. The van der Waals surface area contributed by atoms with Gasteiger partial charge in [-0.05, 0) is 31.1 Å². The minimum Gasteiger partial charge on any atom is -0.147 e. The molecule has 0 unspecified atom stereocenters. The molecular weight excluding hydrogens is 272 g/mol. The van der Waals surface area contributed by atoms with Gasteiger partial charge >= 0.3 is 0 Å². The average molecular weight is 293 g/mol. The first-order valence-corrected chi connectivity index (χ1v) is 10.4. The Morgan fingerprint density at radius 2 is 1.75 bits per heavy atom. The standard InChI is InChI=1S/C12H20S4/c1-9-10(8-11-13-4-5-14-11)2-3-12(9)15-6-7-16-12/h9-11H,2-8H2,1H3/t9-,10-/m0/s1. The molecule has 4 heteroatoms. The maximum atomic E-state index is 2.53. The van der Waals surface area contributed by atoms with Crippen molar-refractivity contribution in [1.82, 2.24) is 0 Å². The van der Waals surface area contributed by atoms with Gasteiger partial charge in [-0.1, -0.05) is 6.92 Å². The van der Waals surface area contributed by atoms with E-state index in [1.54, 1.807) is 0 Å². The van der Waals surface area contributed by atoms with Gasteiger partial charge in [0, 0.05) is 23.0 Å². The van der Waals surface area contributed by atoms with Gasteiger partial charge in [0.1, 0.15) is 0 Å². The molecule has 3 aliphatic rings. The van der Waals surface area contributed by atoms with Gasteiger partial charge in [-0.3, -0.25) is 0 Å². The summed E-state index contributed by atoms with van der Waals surface area (Å²) in [7, 11) is 0. The van der Waals surface area contributed by atoms with E-state index in [9.17, 15) is 0 Å². The first kappa shape index (κ1) is 12.4. The Hall–Kier alpha value is 1.40. The first-order valence-electron chi connectivity index (χ1n) is 6.31. The van der Waals surface area contributed by atoms with Gasteiger partial charge in [-0.2, -0.15) is 0 Å². The molecule has 0 nitrogen and oxygen atoms in total. The van der Waals surface area contributed by atoms with Gasteiger partial charge < -0.3 is 0 Å². The predicted molar refractivity (Wildman–Crippen MR) is 82.9 cm³/mol. The highest BCUT2D eigenvalue weighted by atomic mass is 32.2. The topological polar surface area (TPSA) is 0 Å². The Morgan fingerprint density at radius 1 is 1.06 bits per heavy atom. The fourth-order valence-corrected chi connectivity index (χ4v) is 9.86. The van der Waals surface area contributed by atoms with Crippen molar-refractivity contribution in [2.24, 2.45) is 11.8 Å². The van der Waals surface area contributed by atoms with Crippen LogP contribution in [-0.2, 0) is 0 Å². The third-order valence-electron chi connectivity index (χ3n) is 4.23. The first-order chi connectivity index (χ1) is 7.80. The molecule has 0 aromatic heterocycles. The summed E-state index contributed by atoms with van der Waals surface area (Å²) in [5, 5.41) is 0. The zero-order valence-corrected chi connectivity index (χ0v) is 13.1. The molecule has 2 aliphatic heterocycles. The fraction of sp³-hybridized carbons (Fsp3) is 1.00. The highest BCUT2D eigenvalue weighted by Crippen LogP contribution is 2.60. The lowest BCUT2D eigenvalue weighted by Gasteiger charge is -2.30. The molecule has 0 aromatic carbocycles. The molecule has 3 fully saturated rings. The zero-order valence-electron chi connectivity index (χ0n) is 9.81. The van der Waals surface area contributed by atoms with Crippen molar-refractivity contribution in [2.45, 2.75) is 34.8 Å². The van der Waals surface area contributed by atoms with E-state index in [4.69, 9.17) is 0 Å². The lowest BCUT2D eigenvalue weighted by atomic mass is 9.95. The van der Waals surface area contributed by atoms with Gasteiger partial charge in [0.2, 0.25) is 0 Å². The zero-order chi connectivity index (χ0) is 11.0. The van der Waals surface area contributed by atoms with Crippen LogP contribution in [-0.4, -0.2) is 31.7 Å². The minimum absolute atomic E-state index is 0.638. The van der Waals surface area contributed by atoms with Gasteiger partial charge in [-0.25, -0.2) is 0 Å². The number of hydrogen-bond acceptors (Lipinski definition) is 4. The normalized spacial score (nSPS) is 38.8. The molecule has 2 heterocycles. The Balaban J connectivity index is 1.60. The third-order valence-corrected chi connectivity index (χ3v) is 11.2. The molecule has 1 aliphatic carbocycles. The van der Waals surface area contributed by atoms with E-state index >= 15 is 0 Å². The summed E-state index contributed by atoms with van der Waals surface area (Å²) < 4.78 is 1.57. The van der Waals surface area contributed by atoms with Crippen molar-refractivity contribution in [2.75, 3.05) is 23.0 Å². The van der Waals surface area contributed by atoms with Gasteiger partial charge in [0.15, 0.2) is 0 Å². The molecule has 3 rings (SSSR count). The highest BCUT2D eigenvalue weighted by Gasteiger charge is 2.49. The van der Waals surface area contributed by atoms with Crippen LogP contribution in [0.25, 0.3) is 0 Å². The number of thioether (sulfide) groups is 4. The molecule has 0 N–H and O–H groups in total. The van der Waals surface area contributed by atoms with Crippen LogP contribution < -0.4 is 0 Å². The van der Waals surface area contributed by atoms with Crippen LogP contribution in [0, 0.1) is 11.8 Å². The van der Waals surface area contributed by atoms with Crippen molar-refractivity contribution in [3.63, 3.8) is 0 Å². The molecule has 1 saturated carbocycles. The lowest BCUT2D eigenvalue weighted by Crippen LogP contribution is -2.24. The van der Waals surface area contributed by atoms with Crippen LogP contribution in [0.2, 0.25) is 0 Å². The monoisotopic (exact) mass is 292 g/mol. The Labute approximate surface area is 116 Å². The Bertz CT molecular complexity index is 243. The SMILES string of the molecule is C[C@H]1[C@H](CC2SCCS2)CCC12SCCS2. The van der Waals surface area contributed by atoms with Gasteiger partial charge in [0.25, 0.3) is 0 Å². The van der Waals surface area contributed by atoms with Crippen molar-refractivity contribution < 1.29 is 0 Å². The molecule has 92 valence electrons. The second-order valence-electron chi connectivity index (χ2n) is 5.00. The molecule has 0 bridgehead atoms. The Morgan fingerprint density at radius 3 is 2.44 bits per heavy atom.